The van der Waals surface area contributed by atoms with E-state index in [1.165, 1.54) is 11.0 Å². The van der Waals surface area contributed by atoms with E-state index >= 15 is 0 Å². The van der Waals surface area contributed by atoms with E-state index in [0.29, 0.717) is 12.3 Å². The van der Waals surface area contributed by atoms with Gasteiger partial charge in [-0.05, 0) is 43.4 Å². The third-order valence-electron chi connectivity index (χ3n) is 2.57. The second kappa shape index (κ2) is 6.81. The summed E-state index contributed by atoms with van der Waals surface area (Å²) in [7, 11) is 0. The number of hydrogen-bond donors (Lipinski definition) is 1. The molecule has 1 saturated heterocycles. The predicted octanol–water partition coefficient (Wildman–Crippen LogP) is 2.12. The second-order valence-corrected chi connectivity index (χ2v) is 4.15. The molecule has 0 saturated carbocycles. The lowest BCUT2D eigenvalue weighted by Crippen LogP contribution is -2.53. The van der Waals surface area contributed by atoms with E-state index in [1.54, 1.807) is 37.5 Å². The minimum absolute atomic E-state index is 0. The zero-order chi connectivity index (χ0) is 13.8. The summed E-state index contributed by atoms with van der Waals surface area (Å²) >= 11 is 4.92. The Labute approximate surface area is 122 Å². The van der Waals surface area contributed by atoms with Crippen LogP contribution in [0.5, 0.6) is 0 Å². The van der Waals surface area contributed by atoms with Crippen LogP contribution >= 0.6 is 12.2 Å². The van der Waals surface area contributed by atoms with Crippen molar-refractivity contribution < 1.29 is 14.0 Å². The number of thiocarbonyl (C=S) groups is 1. The number of amides is 2. The van der Waals surface area contributed by atoms with Gasteiger partial charge in [-0.15, -0.1) is 0 Å². The molecule has 2 amide bonds. The highest BCUT2D eigenvalue weighted by molar-refractivity contribution is 7.80. The highest BCUT2D eigenvalue weighted by atomic mass is 32.1. The first-order valence-electron chi connectivity index (χ1n) is 5.72. The van der Waals surface area contributed by atoms with Crippen molar-refractivity contribution in [3.8, 4) is 0 Å². The number of allylic oxidation sites excluding steroid dienone is 2. The molecule has 106 valence electrons. The molecule has 2 heterocycles. The molecule has 1 N–H and O–H groups in total. The van der Waals surface area contributed by atoms with Crippen LogP contribution in [0.25, 0.3) is 6.08 Å². The van der Waals surface area contributed by atoms with Crippen LogP contribution in [-0.2, 0) is 9.59 Å². The fourth-order valence-electron chi connectivity index (χ4n) is 1.63. The largest absolute Gasteiger partial charge is 0.465 e. The van der Waals surface area contributed by atoms with E-state index < -0.39 is 5.91 Å². The fourth-order valence-corrected chi connectivity index (χ4v) is 1.93. The summed E-state index contributed by atoms with van der Waals surface area (Å²) in [6, 6.07) is 3.52. The molecular formula is C14H16N2O3S. The van der Waals surface area contributed by atoms with Gasteiger partial charge in [0.2, 0.25) is 0 Å². The molecule has 1 aliphatic rings. The first-order valence-corrected chi connectivity index (χ1v) is 6.13. The molecule has 6 heteroatoms. The van der Waals surface area contributed by atoms with Crippen molar-refractivity contribution in [2.45, 2.75) is 14.4 Å². The van der Waals surface area contributed by atoms with Crippen LogP contribution in [0.2, 0.25) is 0 Å². The third kappa shape index (κ3) is 3.21. The van der Waals surface area contributed by atoms with Gasteiger partial charge >= 0.3 is 0 Å². The van der Waals surface area contributed by atoms with Crippen LogP contribution in [0.4, 0.5) is 0 Å². The SMILES string of the molecule is C.CCN1C(=O)/C(=C/C=C/c2ccco2)C(=O)NC1=S. The lowest BCUT2D eigenvalue weighted by molar-refractivity contribution is -0.128. The maximum atomic E-state index is 12.0. The van der Waals surface area contributed by atoms with Gasteiger partial charge in [-0.3, -0.25) is 19.8 Å². The lowest BCUT2D eigenvalue weighted by Gasteiger charge is -2.27. The molecule has 1 fully saturated rings. The van der Waals surface area contributed by atoms with E-state index in [-0.39, 0.29) is 24.0 Å². The van der Waals surface area contributed by atoms with Gasteiger partial charge in [-0.25, -0.2) is 0 Å². The van der Waals surface area contributed by atoms with Gasteiger partial charge in [-0.2, -0.15) is 0 Å². The molecule has 5 nitrogen and oxygen atoms in total. The summed E-state index contributed by atoms with van der Waals surface area (Å²) in [6.07, 6.45) is 6.25. The van der Waals surface area contributed by atoms with Crippen LogP contribution in [-0.4, -0.2) is 28.4 Å². The summed E-state index contributed by atoms with van der Waals surface area (Å²) in [6.45, 7) is 2.20. The minimum Gasteiger partial charge on any atom is -0.465 e. The predicted molar refractivity (Wildman–Crippen MR) is 80.7 cm³/mol. The first kappa shape index (κ1) is 15.8. The van der Waals surface area contributed by atoms with Crippen LogP contribution in [0.3, 0.4) is 0 Å². The third-order valence-corrected chi connectivity index (χ3v) is 2.89. The monoisotopic (exact) mass is 292 g/mol. The van der Waals surface area contributed by atoms with Gasteiger partial charge in [0.1, 0.15) is 11.3 Å². The average Bonchev–Trinajstić information content (AvgIpc) is 2.86. The van der Waals surface area contributed by atoms with Gasteiger partial charge in [-0.1, -0.05) is 13.5 Å². The quantitative estimate of drug-likeness (QED) is 0.526. The summed E-state index contributed by atoms with van der Waals surface area (Å²) in [4.78, 5) is 25.1. The Morgan fingerprint density at radius 2 is 2.20 bits per heavy atom. The molecule has 1 aromatic rings. The Morgan fingerprint density at radius 1 is 1.45 bits per heavy atom. The number of carbonyl (C=O) groups excluding carboxylic acids is 2. The summed E-state index contributed by atoms with van der Waals surface area (Å²) in [5.74, 6) is -0.229. The number of nitrogens with zero attached hydrogens (tertiary/aromatic N) is 1. The Hall–Kier alpha value is -2.21. The number of nitrogens with one attached hydrogen (secondary N) is 1. The second-order valence-electron chi connectivity index (χ2n) is 3.76. The van der Waals surface area contributed by atoms with Crippen molar-refractivity contribution in [1.29, 1.82) is 0 Å². The van der Waals surface area contributed by atoms with Gasteiger partial charge < -0.3 is 4.42 Å². The number of rotatable bonds is 3. The minimum atomic E-state index is -0.483. The zero-order valence-corrected chi connectivity index (χ0v) is 11.1. The van der Waals surface area contributed by atoms with Crippen LogP contribution in [0.1, 0.15) is 20.1 Å². The highest BCUT2D eigenvalue weighted by Crippen LogP contribution is 2.10. The van der Waals surface area contributed by atoms with Gasteiger partial charge in [0.25, 0.3) is 11.8 Å². The molecule has 2 rings (SSSR count). The molecule has 0 unspecified atom stereocenters. The van der Waals surface area contributed by atoms with E-state index in [1.807, 2.05) is 0 Å². The maximum absolute atomic E-state index is 12.0. The molecular weight excluding hydrogens is 276 g/mol. The molecule has 0 radical (unpaired) electrons. The van der Waals surface area contributed by atoms with E-state index in [9.17, 15) is 9.59 Å². The van der Waals surface area contributed by atoms with Crippen molar-refractivity contribution in [3.05, 3.63) is 41.9 Å². The zero-order valence-electron chi connectivity index (χ0n) is 10.3. The Balaban J connectivity index is 0.00000200. The smallest absolute Gasteiger partial charge is 0.265 e. The molecule has 1 aromatic heterocycles. The molecule has 20 heavy (non-hydrogen) atoms. The lowest BCUT2D eigenvalue weighted by atomic mass is 10.1. The van der Waals surface area contributed by atoms with Gasteiger partial charge in [0.15, 0.2) is 5.11 Å². The topological polar surface area (TPSA) is 62.6 Å². The summed E-state index contributed by atoms with van der Waals surface area (Å²) in [5, 5.41) is 2.62. The van der Waals surface area contributed by atoms with Crippen molar-refractivity contribution in [2.75, 3.05) is 6.54 Å². The van der Waals surface area contributed by atoms with E-state index in [0.717, 1.165) is 0 Å². The Kier molecular flexibility index (Phi) is 5.40. The fraction of sp³-hybridized carbons (Fsp3) is 0.214. The number of furan rings is 1. The molecule has 0 bridgehead atoms. The van der Waals surface area contributed by atoms with Crippen LogP contribution < -0.4 is 5.32 Å². The Bertz CT molecular complexity index is 573. The van der Waals surface area contributed by atoms with Crippen molar-refractivity contribution in [1.82, 2.24) is 10.2 Å². The first-order chi connectivity index (χ1) is 9.13. The molecule has 0 aromatic carbocycles. The average molecular weight is 292 g/mol. The van der Waals surface area contributed by atoms with Gasteiger partial charge in [0, 0.05) is 6.54 Å². The van der Waals surface area contributed by atoms with Crippen molar-refractivity contribution in [3.63, 3.8) is 0 Å². The summed E-state index contributed by atoms with van der Waals surface area (Å²) < 4.78 is 5.10. The number of carbonyl (C=O) groups is 2. The maximum Gasteiger partial charge on any atom is 0.265 e. The van der Waals surface area contributed by atoms with Crippen LogP contribution in [0, 0.1) is 0 Å². The number of hydrogen-bond acceptors (Lipinski definition) is 4. The van der Waals surface area contributed by atoms with E-state index in [2.05, 4.69) is 5.32 Å². The standard InChI is InChI=1S/C13H12N2O3S.CH4/c1-2-15-12(17)10(11(16)14-13(15)19)7-3-5-9-6-4-8-18-9;/h3-8H,2H2,1H3,(H,14,16,19);1H4/b5-3+,10-7+;. The molecule has 0 atom stereocenters. The highest BCUT2D eigenvalue weighted by Gasteiger charge is 2.31. The van der Waals surface area contributed by atoms with E-state index in [4.69, 9.17) is 16.6 Å². The number of likely N-dealkylation sites (N-methyl/N-ethyl adjacent to an activating group) is 1. The van der Waals surface area contributed by atoms with Crippen molar-refractivity contribution in [2.24, 2.45) is 0 Å². The van der Waals surface area contributed by atoms with Crippen molar-refractivity contribution >= 4 is 35.2 Å². The molecule has 1 aliphatic heterocycles. The van der Waals surface area contributed by atoms with Crippen LogP contribution in [0.15, 0.2) is 40.5 Å². The van der Waals surface area contributed by atoms with Gasteiger partial charge in [0.05, 0.1) is 6.26 Å². The summed E-state index contributed by atoms with van der Waals surface area (Å²) in [5.41, 5.74) is 0.0539. The molecule has 0 aliphatic carbocycles. The normalized spacial score (nSPS) is 17.6. The Morgan fingerprint density at radius 3 is 2.80 bits per heavy atom. The molecule has 0 spiro atoms.